The summed E-state index contributed by atoms with van der Waals surface area (Å²) in [4.78, 5) is 28.9. The number of aryl methyl sites for hydroxylation is 1. The molecule has 0 bridgehead atoms. The van der Waals surface area contributed by atoms with Gasteiger partial charge in [-0.3, -0.25) is 14.2 Å². The smallest absolute Gasteiger partial charge is 0.251 e. The summed E-state index contributed by atoms with van der Waals surface area (Å²) >= 11 is 1.39. The molecule has 0 radical (unpaired) electrons. The molecule has 0 saturated carbocycles. The average Bonchev–Trinajstić information content (AvgIpc) is 3.16. The molecule has 2 amide bonds. The fourth-order valence-electron chi connectivity index (χ4n) is 3.29. The van der Waals surface area contributed by atoms with Gasteiger partial charge in [-0.1, -0.05) is 36.0 Å². The largest absolute Gasteiger partial charge is 0.355 e. The third-order valence-corrected chi connectivity index (χ3v) is 5.72. The van der Waals surface area contributed by atoms with Crippen LogP contribution in [0.15, 0.2) is 78.0 Å². The van der Waals surface area contributed by atoms with E-state index >= 15 is 0 Å². The molecule has 2 N–H and O–H groups in total. The highest BCUT2D eigenvalue weighted by Gasteiger charge is 2.15. The Morgan fingerprint density at radius 2 is 1.77 bits per heavy atom. The van der Waals surface area contributed by atoms with Gasteiger partial charge in [0, 0.05) is 24.0 Å². The number of nitrogens with one attached hydrogen (secondary N) is 2. The van der Waals surface area contributed by atoms with E-state index in [4.69, 9.17) is 4.98 Å². The Labute approximate surface area is 184 Å². The maximum atomic E-state index is 12.5. The van der Waals surface area contributed by atoms with Gasteiger partial charge in [-0.05, 0) is 61.0 Å². The summed E-state index contributed by atoms with van der Waals surface area (Å²) in [5.41, 5.74) is 5.25. The number of hydrogen-bond donors (Lipinski definition) is 2. The SMILES string of the molecule is CNC(=O)c1ccc(NC(=O)CSc2nc3ccccc3n2-c2cccc(C)c2)cc1. The highest BCUT2D eigenvalue weighted by Crippen LogP contribution is 2.28. The van der Waals surface area contributed by atoms with E-state index in [1.165, 1.54) is 11.8 Å². The second-order valence-electron chi connectivity index (χ2n) is 7.05. The maximum Gasteiger partial charge on any atom is 0.251 e. The fourth-order valence-corrected chi connectivity index (χ4v) is 4.12. The van der Waals surface area contributed by atoms with E-state index in [1.54, 1.807) is 31.3 Å². The quantitative estimate of drug-likeness (QED) is 0.444. The summed E-state index contributed by atoms with van der Waals surface area (Å²) < 4.78 is 2.08. The fraction of sp³-hybridized carbons (Fsp3) is 0.125. The van der Waals surface area contributed by atoms with E-state index in [1.807, 2.05) is 36.4 Å². The summed E-state index contributed by atoms with van der Waals surface area (Å²) in [6, 6.07) is 23.0. The molecule has 156 valence electrons. The van der Waals surface area contributed by atoms with Crippen molar-refractivity contribution in [3.63, 3.8) is 0 Å². The van der Waals surface area contributed by atoms with Crippen LogP contribution in [0.4, 0.5) is 5.69 Å². The number of carbonyl (C=O) groups excluding carboxylic acids is 2. The topological polar surface area (TPSA) is 76.0 Å². The van der Waals surface area contributed by atoms with Gasteiger partial charge in [0.2, 0.25) is 5.91 Å². The van der Waals surface area contributed by atoms with Gasteiger partial charge in [0.15, 0.2) is 5.16 Å². The lowest BCUT2D eigenvalue weighted by Crippen LogP contribution is -2.18. The van der Waals surface area contributed by atoms with Crippen molar-refractivity contribution >= 4 is 40.3 Å². The minimum absolute atomic E-state index is 0.138. The highest BCUT2D eigenvalue weighted by molar-refractivity contribution is 7.99. The van der Waals surface area contributed by atoms with Crippen LogP contribution in [-0.4, -0.2) is 34.2 Å². The Hall–Kier alpha value is -3.58. The van der Waals surface area contributed by atoms with Crippen molar-refractivity contribution < 1.29 is 9.59 Å². The van der Waals surface area contributed by atoms with E-state index in [-0.39, 0.29) is 17.6 Å². The van der Waals surface area contributed by atoms with Crippen molar-refractivity contribution in [3.05, 3.63) is 83.9 Å². The number of amides is 2. The van der Waals surface area contributed by atoms with Crippen molar-refractivity contribution in [1.29, 1.82) is 0 Å². The third-order valence-electron chi connectivity index (χ3n) is 4.78. The molecule has 1 aromatic heterocycles. The molecule has 0 spiro atoms. The molecule has 4 rings (SSSR count). The number of benzene rings is 3. The van der Waals surface area contributed by atoms with Crippen molar-refractivity contribution in [2.45, 2.75) is 12.1 Å². The number of nitrogens with zero attached hydrogens (tertiary/aromatic N) is 2. The van der Waals surface area contributed by atoms with Gasteiger partial charge in [0.1, 0.15) is 0 Å². The summed E-state index contributed by atoms with van der Waals surface area (Å²) in [5, 5.41) is 6.21. The first-order valence-corrected chi connectivity index (χ1v) is 10.8. The number of para-hydroxylation sites is 2. The number of thioether (sulfide) groups is 1. The Kier molecular flexibility index (Phi) is 6.04. The number of carbonyl (C=O) groups is 2. The first kappa shape index (κ1) is 20.7. The van der Waals surface area contributed by atoms with Crippen LogP contribution in [0.5, 0.6) is 0 Å². The van der Waals surface area contributed by atoms with Gasteiger partial charge in [0.25, 0.3) is 5.91 Å². The molecular weight excluding hydrogens is 408 g/mol. The van der Waals surface area contributed by atoms with Crippen LogP contribution in [0, 0.1) is 6.92 Å². The zero-order valence-corrected chi connectivity index (χ0v) is 18.1. The van der Waals surface area contributed by atoms with Crippen LogP contribution < -0.4 is 10.6 Å². The van der Waals surface area contributed by atoms with Crippen LogP contribution in [0.25, 0.3) is 16.7 Å². The molecule has 0 saturated heterocycles. The average molecular weight is 431 g/mol. The molecule has 0 aliphatic carbocycles. The van der Waals surface area contributed by atoms with Crippen molar-refractivity contribution in [1.82, 2.24) is 14.9 Å². The number of fused-ring (bicyclic) bond motifs is 1. The lowest BCUT2D eigenvalue weighted by Gasteiger charge is -2.10. The van der Waals surface area contributed by atoms with Gasteiger partial charge in [-0.15, -0.1) is 0 Å². The highest BCUT2D eigenvalue weighted by atomic mass is 32.2. The minimum atomic E-state index is -0.163. The van der Waals surface area contributed by atoms with Crippen molar-refractivity contribution in [2.75, 3.05) is 18.1 Å². The summed E-state index contributed by atoms with van der Waals surface area (Å²) in [6.07, 6.45) is 0. The zero-order valence-electron chi connectivity index (χ0n) is 17.3. The second-order valence-corrected chi connectivity index (χ2v) is 7.99. The molecular formula is C24H22N4O2S. The zero-order chi connectivity index (χ0) is 21.8. The van der Waals surface area contributed by atoms with Crippen LogP contribution in [-0.2, 0) is 4.79 Å². The first-order valence-electron chi connectivity index (χ1n) is 9.84. The van der Waals surface area contributed by atoms with Gasteiger partial charge < -0.3 is 10.6 Å². The predicted octanol–water partition coefficient (Wildman–Crippen LogP) is 4.42. The van der Waals surface area contributed by atoms with E-state index in [9.17, 15) is 9.59 Å². The number of hydrogen-bond acceptors (Lipinski definition) is 4. The molecule has 0 atom stereocenters. The Balaban J connectivity index is 1.52. The predicted molar refractivity (Wildman–Crippen MR) is 125 cm³/mol. The normalized spacial score (nSPS) is 10.8. The molecule has 4 aromatic rings. The lowest BCUT2D eigenvalue weighted by molar-refractivity contribution is -0.113. The molecule has 0 aliphatic rings. The molecule has 6 nitrogen and oxygen atoms in total. The van der Waals surface area contributed by atoms with Crippen molar-refractivity contribution in [3.8, 4) is 5.69 Å². The Morgan fingerprint density at radius 1 is 1.00 bits per heavy atom. The first-order chi connectivity index (χ1) is 15.0. The van der Waals surface area contributed by atoms with E-state index in [2.05, 4.69) is 34.3 Å². The van der Waals surface area contributed by atoms with Crippen molar-refractivity contribution in [2.24, 2.45) is 0 Å². The number of rotatable bonds is 6. The summed E-state index contributed by atoms with van der Waals surface area (Å²) in [5.74, 6) is -0.0872. The van der Waals surface area contributed by atoms with Crippen LogP contribution in [0.3, 0.4) is 0 Å². The number of imidazole rings is 1. The molecule has 0 unspecified atom stereocenters. The molecule has 1 heterocycles. The molecule has 7 heteroatoms. The summed E-state index contributed by atoms with van der Waals surface area (Å²) in [6.45, 7) is 2.05. The lowest BCUT2D eigenvalue weighted by atomic mass is 10.2. The van der Waals surface area contributed by atoms with Gasteiger partial charge in [-0.2, -0.15) is 0 Å². The number of aromatic nitrogens is 2. The summed E-state index contributed by atoms with van der Waals surface area (Å²) in [7, 11) is 1.58. The van der Waals surface area contributed by atoms with Gasteiger partial charge in [0.05, 0.1) is 16.8 Å². The number of anilines is 1. The monoisotopic (exact) mass is 430 g/mol. The van der Waals surface area contributed by atoms with Gasteiger partial charge >= 0.3 is 0 Å². The van der Waals surface area contributed by atoms with Crippen LogP contribution in [0.2, 0.25) is 0 Å². The Bertz CT molecular complexity index is 1250. The molecule has 3 aromatic carbocycles. The maximum absolute atomic E-state index is 12.5. The van der Waals surface area contributed by atoms with E-state index < -0.39 is 0 Å². The molecule has 31 heavy (non-hydrogen) atoms. The molecule has 0 fully saturated rings. The van der Waals surface area contributed by atoms with Crippen LogP contribution in [0.1, 0.15) is 15.9 Å². The van der Waals surface area contributed by atoms with E-state index in [0.29, 0.717) is 11.3 Å². The minimum Gasteiger partial charge on any atom is -0.355 e. The van der Waals surface area contributed by atoms with Crippen LogP contribution >= 0.6 is 11.8 Å². The van der Waals surface area contributed by atoms with E-state index in [0.717, 1.165) is 27.4 Å². The second kappa shape index (κ2) is 9.06. The third kappa shape index (κ3) is 4.62. The van der Waals surface area contributed by atoms with Gasteiger partial charge in [-0.25, -0.2) is 4.98 Å². The molecule has 0 aliphatic heterocycles. The standard InChI is InChI=1S/C24H22N4O2S/c1-16-6-5-7-19(14-16)28-21-9-4-3-8-20(21)27-24(28)31-15-22(29)26-18-12-10-17(11-13-18)23(30)25-2/h3-14H,15H2,1-2H3,(H,25,30)(H,26,29). The Morgan fingerprint density at radius 3 is 2.52 bits per heavy atom.